The van der Waals surface area contributed by atoms with E-state index in [0.717, 1.165) is 0 Å². The van der Waals surface area contributed by atoms with Crippen LogP contribution in [0.5, 0.6) is 0 Å². The van der Waals surface area contributed by atoms with E-state index in [4.69, 9.17) is 11.2 Å². The van der Waals surface area contributed by atoms with Crippen molar-refractivity contribution in [2.75, 3.05) is 13.2 Å². The molecule has 0 unspecified atom stereocenters. The smallest absolute Gasteiger partial charge is 0.0900 e. The molecule has 1 rings (SSSR count). The highest BCUT2D eigenvalue weighted by Gasteiger charge is 2.45. The highest BCUT2D eigenvalue weighted by atomic mass is 16.5. The van der Waals surface area contributed by atoms with E-state index in [1.165, 1.54) is 0 Å². The fourth-order valence-corrected chi connectivity index (χ4v) is 3.64. The van der Waals surface area contributed by atoms with Gasteiger partial charge in [-0.15, -0.1) is 12.3 Å². The van der Waals surface area contributed by atoms with Crippen molar-refractivity contribution in [2.24, 2.45) is 0 Å². The minimum absolute atomic E-state index is 0.156. The minimum atomic E-state index is -0.578. The Balaban J connectivity index is 2.66. The zero-order valence-electron chi connectivity index (χ0n) is 15.0. The van der Waals surface area contributed by atoms with Crippen molar-refractivity contribution in [2.45, 2.75) is 89.7 Å². The van der Waals surface area contributed by atoms with Gasteiger partial charge in [-0.25, -0.2) is 0 Å². The molecule has 4 nitrogen and oxygen atoms in total. The molecule has 0 radical (unpaired) electrons. The van der Waals surface area contributed by atoms with Crippen LogP contribution >= 0.6 is 0 Å². The Bertz CT molecular complexity index is 391. The normalized spacial score (nSPS) is 24.0. The summed E-state index contributed by atoms with van der Waals surface area (Å²) in [6, 6.07) is 0. The Hall–Kier alpha value is -0.600. The summed E-state index contributed by atoms with van der Waals surface area (Å²) in [6.07, 6.45) is 6.41. The van der Waals surface area contributed by atoms with E-state index in [2.05, 4.69) is 38.5 Å². The van der Waals surface area contributed by atoms with Crippen LogP contribution in [0.2, 0.25) is 0 Å². The number of nitrogens with zero attached hydrogens (tertiary/aromatic N) is 1. The summed E-state index contributed by atoms with van der Waals surface area (Å²) in [5.41, 5.74) is -0.730. The van der Waals surface area contributed by atoms with Crippen molar-refractivity contribution in [1.82, 2.24) is 4.90 Å². The first kappa shape index (κ1) is 19.4. The molecule has 1 atom stereocenters. The largest absolute Gasteiger partial charge is 0.393 e. The summed E-state index contributed by atoms with van der Waals surface area (Å²) in [7, 11) is 0. The van der Waals surface area contributed by atoms with Crippen LogP contribution in [-0.4, -0.2) is 57.2 Å². The van der Waals surface area contributed by atoms with Gasteiger partial charge in [-0.3, -0.25) is 4.90 Å². The van der Waals surface area contributed by atoms with Gasteiger partial charge in [0.15, 0.2) is 0 Å². The van der Waals surface area contributed by atoms with E-state index < -0.39 is 11.7 Å². The van der Waals surface area contributed by atoms with E-state index in [9.17, 15) is 10.2 Å². The molecule has 128 valence electrons. The van der Waals surface area contributed by atoms with E-state index in [0.29, 0.717) is 25.8 Å². The van der Waals surface area contributed by atoms with Crippen molar-refractivity contribution in [1.29, 1.82) is 0 Å². The van der Waals surface area contributed by atoms with Gasteiger partial charge in [-0.05, 0) is 54.4 Å². The summed E-state index contributed by atoms with van der Waals surface area (Å²) in [6.45, 7) is 13.1. The number of ether oxygens (including phenoxy) is 1. The van der Waals surface area contributed by atoms with Gasteiger partial charge in [-0.2, -0.15) is 0 Å². The van der Waals surface area contributed by atoms with Crippen LogP contribution in [0.3, 0.4) is 0 Å². The van der Waals surface area contributed by atoms with Gasteiger partial charge >= 0.3 is 0 Å². The van der Waals surface area contributed by atoms with E-state index in [-0.39, 0.29) is 23.8 Å². The predicted octanol–water partition coefficient (Wildman–Crippen LogP) is 2.18. The van der Waals surface area contributed by atoms with Crippen molar-refractivity contribution in [3.05, 3.63) is 0 Å². The molecule has 0 aromatic heterocycles. The van der Waals surface area contributed by atoms with Crippen molar-refractivity contribution in [3.8, 4) is 12.3 Å². The Morgan fingerprint density at radius 3 is 2.23 bits per heavy atom. The minimum Gasteiger partial charge on any atom is -0.393 e. The molecule has 0 saturated carbocycles. The van der Waals surface area contributed by atoms with Crippen LogP contribution in [0.15, 0.2) is 0 Å². The Labute approximate surface area is 135 Å². The molecule has 1 aliphatic heterocycles. The predicted molar refractivity (Wildman–Crippen MR) is 89.6 cm³/mol. The Morgan fingerprint density at radius 2 is 1.77 bits per heavy atom. The van der Waals surface area contributed by atoms with Gasteiger partial charge in [0, 0.05) is 24.0 Å². The van der Waals surface area contributed by atoms with E-state index in [1.807, 2.05) is 13.8 Å². The molecule has 4 heteroatoms. The number of aliphatic hydroxyl groups is 2. The first-order valence-electron chi connectivity index (χ1n) is 8.11. The lowest BCUT2D eigenvalue weighted by molar-refractivity contribution is -0.116. The Kier molecular flexibility index (Phi) is 6.08. The van der Waals surface area contributed by atoms with Crippen LogP contribution in [0.1, 0.15) is 60.8 Å². The Morgan fingerprint density at radius 1 is 1.27 bits per heavy atom. The van der Waals surface area contributed by atoms with Crippen molar-refractivity contribution < 1.29 is 14.9 Å². The molecule has 0 aromatic carbocycles. The lowest BCUT2D eigenvalue weighted by Crippen LogP contribution is -2.63. The van der Waals surface area contributed by atoms with Crippen LogP contribution < -0.4 is 0 Å². The number of hydrogen-bond acceptors (Lipinski definition) is 4. The molecule has 0 spiro atoms. The maximum Gasteiger partial charge on any atom is 0.0900 e. The molecule has 1 fully saturated rings. The number of β-amino-alcohol motifs (C(OH)–C–C–N with tert-alkyl or cyclic N) is 1. The van der Waals surface area contributed by atoms with Crippen LogP contribution in [0.4, 0.5) is 0 Å². The molecule has 0 aliphatic carbocycles. The molecule has 0 amide bonds. The number of rotatable bonds is 6. The highest BCUT2D eigenvalue weighted by Crippen LogP contribution is 2.38. The van der Waals surface area contributed by atoms with Gasteiger partial charge in [0.25, 0.3) is 0 Å². The van der Waals surface area contributed by atoms with Gasteiger partial charge in [-0.1, -0.05) is 0 Å². The van der Waals surface area contributed by atoms with Gasteiger partial charge < -0.3 is 14.9 Å². The average Bonchev–Trinajstić information content (AvgIpc) is 2.30. The first-order chi connectivity index (χ1) is 9.89. The summed E-state index contributed by atoms with van der Waals surface area (Å²) in [5.74, 6) is 2.60. The summed E-state index contributed by atoms with van der Waals surface area (Å²) in [4.78, 5) is 2.29. The summed E-state index contributed by atoms with van der Waals surface area (Å²) >= 11 is 0. The third-order valence-corrected chi connectivity index (χ3v) is 4.52. The van der Waals surface area contributed by atoms with E-state index in [1.54, 1.807) is 0 Å². The third kappa shape index (κ3) is 5.24. The molecule has 0 aromatic rings. The molecule has 0 bridgehead atoms. The van der Waals surface area contributed by atoms with Gasteiger partial charge in [0.1, 0.15) is 0 Å². The van der Waals surface area contributed by atoms with Gasteiger partial charge in [0.2, 0.25) is 0 Å². The fourth-order valence-electron chi connectivity index (χ4n) is 3.64. The zero-order valence-corrected chi connectivity index (χ0v) is 15.0. The lowest BCUT2D eigenvalue weighted by Gasteiger charge is -2.55. The van der Waals surface area contributed by atoms with Crippen LogP contribution in [-0.2, 0) is 4.74 Å². The van der Waals surface area contributed by atoms with Crippen molar-refractivity contribution in [3.63, 3.8) is 0 Å². The zero-order chi connectivity index (χ0) is 17.2. The number of piperidine rings is 1. The molecule has 1 heterocycles. The summed E-state index contributed by atoms with van der Waals surface area (Å²) in [5, 5.41) is 20.5. The number of hydrogen-bond donors (Lipinski definition) is 2. The third-order valence-electron chi connectivity index (χ3n) is 4.52. The molecule has 1 aliphatic rings. The SMILES string of the molecule is C#CCC(C)(C)OC[C@@H](O)CN1C(C)(C)CC(O)CC1(C)C. The molecular weight excluding hydrogens is 278 g/mol. The van der Waals surface area contributed by atoms with Crippen LogP contribution in [0, 0.1) is 12.3 Å². The molecule has 22 heavy (non-hydrogen) atoms. The second-order valence-electron chi connectivity index (χ2n) is 8.40. The number of terminal acetylenes is 1. The molecule has 1 saturated heterocycles. The maximum atomic E-state index is 10.4. The van der Waals surface area contributed by atoms with Gasteiger partial charge in [0.05, 0.1) is 24.4 Å². The second-order valence-corrected chi connectivity index (χ2v) is 8.40. The lowest BCUT2D eigenvalue weighted by atomic mass is 9.78. The molecule has 2 N–H and O–H groups in total. The fraction of sp³-hybridized carbons (Fsp3) is 0.889. The second kappa shape index (κ2) is 6.88. The van der Waals surface area contributed by atoms with Crippen molar-refractivity contribution >= 4 is 0 Å². The first-order valence-corrected chi connectivity index (χ1v) is 8.11. The topological polar surface area (TPSA) is 52.9 Å². The highest BCUT2D eigenvalue weighted by molar-refractivity contribution is 5.00. The monoisotopic (exact) mass is 311 g/mol. The average molecular weight is 311 g/mol. The van der Waals surface area contributed by atoms with Crippen LogP contribution in [0.25, 0.3) is 0 Å². The number of aliphatic hydroxyl groups excluding tert-OH is 2. The van der Waals surface area contributed by atoms with E-state index >= 15 is 0 Å². The molecular formula is C18H33NO3. The summed E-state index contributed by atoms with van der Waals surface area (Å²) < 4.78 is 5.76. The quantitative estimate of drug-likeness (QED) is 0.738. The maximum absolute atomic E-state index is 10.4. The standard InChI is InChI=1S/C18H33NO3/c1-8-9-18(6,7)22-13-15(21)12-19-16(2,3)10-14(20)11-17(19,4)5/h1,14-15,20-21H,9-13H2,2-7H3/t15-/m0/s1. The number of likely N-dealkylation sites (tertiary alicyclic amines) is 1.